The van der Waals surface area contributed by atoms with E-state index in [-0.39, 0.29) is 5.91 Å². The molecule has 208 valence electrons. The maximum Gasteiger partial charge on any atom is 0.222 e. The number of nitrogens with zero attached hydrogens (tertiary/aromatic N) is 5. The van der Waals surface area contributed by atoms with Gasteiger partial charge in [0.2, 0.25) is 5.91 Å². The number of hydrogen-bond donors (Lipinski definition) is 1. The lowest BCUT2D eigenvalue weighted by Gasteiger charge is -2.29. The number of hydrogen-bond acceptors (Lipinski definition) is 8. The second kappa shape index (κ2) is 12.5. The van der Waals surface area contributed by atoms with Crippen LogP contribution in [0.5, 0.6) is 5.75 Å². The Hall–Kier alpha value is -3.27. The first-order valence-electron chi connectivity index (χ1n) is 14.0. The number of thiophene rings is 1. The van der Waals surface area contributed by atoms with Gasteiger partial charge in [0, 0.05) is 29.7 Å². The third kappa shape index (κ3) is 6.22. The number of carbonyl (C=O) groups is 1. The first-order chi connectivity index (χ1) is 19.6. The Bertz CT molecular complexity index is 1470. The number of piperidine rings is 1. The van der Waals surface area contributed by atoms with Crippen LogP contribution in [0.4, 0.5) is 11.5 Å². The summed E-state index contributed by atoms with van der Waals surface area (Å²) < 4.78 is 5.86. The molecule has 3 aromatic heterocycles. The van der Waals surface area contributed by atoms with Gasteiger partial charge in [0.1, 0.15) is 29.3 Å². The van der Waals surface area contributed by atoms with Crippen molar-refractivity contribution in [3.8, 4) is 5.75 Å². The molecule has 0 atom stereocenters. The number of pyridine rings is 1. The maximum atomic E-state index is 13.0. The Morgan fingerprint density at radius 2 is 1.98 bits per heavy atom. The fourth-order valence-corrected chi connectivity index (χ4v) is 6.94. The summed E-state index contributed by atoms with van der Waals surface area (Å²) in [6, 6.07) is 11.3. The number of nitrogens with one attached hydrogen (secondary N) is 1. The SMILES string of the molecule is O=C(CCCN1CCCCC1)N1CCc2c(sc3ncnc(Nc4ccc(OCc5ccccn5)c(Cl)c4)c23)C1. The standard InChI is InChI=1S/C30H33ClN6O2S/c31-24-17-21(9-10-25(24)39-19-22-7-2-3-12-32-22)35-29-28-23-11-16-37(18-26(23)40-30(28)34-20-33-29)27(38)8-6-15-36-13-4-1-5-14-36/h2-3,7,9-10,12,17,20H,1,4-6,8,11,13-16,18-19H2,(H,33,34,35). The van der Waals surface area contributed by atoms with E-state index in [0.717, 1.165) is 53.3 Å². The van der Waals surface area contributed by atoms with Crippen LogP contribution < -0.4 is 10.1 Å². The first kappa shape index (κ1) is 26.9. The Labute approximate surface area is 243 Å². The van der Waals surface area contributed by atoms with Gasteiger partial charge in [0.05, 0.1) is 22.6 Å². The maximum absolute atomic E-state index is 13.0. The number of aromatic nitrogens is 3. The second-order valence-corrected chi connectivity index (χ2v) is 11.8. The van der Waals surface area contributed by atoms with Crippen molar-refractivity contribution in [3.05, 3.63) is 70.1 Å². The molecule has 0 aliphatic carbocycles. The van der Waals surface area contributed by atoms with E-state index in [9.17, 15) is 4.79 Å². The van der Waals surface area contributed by atoms with Gasteiger partial charge in [0.15, 0.2) is 0 Å². The van der Waals surface area contributed by atoms with Gasteiger partial charge in [-0.05, 0) is 81.2 Å². The molecular weight excluding hydrogens is 544 g/mol. The molecule has 0 unspecified atom stereocenters. The molecule has 10 heteroatoms. The summed E-state index contributed by atoms with van der Waals surface area (Å²) in [6.45, 7) is 5.10. The number of fused-ring (bicyclic) bond motifs is 3. The van der Waals surface area contributed by atoms with Gasteiger partial charge in [-0.2, -0.15) is 0 Å². The molecule has 2 aliphatic rings. The minimum Gasteiger partial charge on any atom is -0.486 e. The molecule has 1 saturated heterocycles. The third-order valence-corrected chi connectivity index (χ3v) is 9.02. The molecule has 1 aromatic carbocycles. The monoisotopic (exact) mass is 576 g/mol. The predicted molar refractivity (Wildman–Crippen MR) is 159 cm³/mol. The highest BCUT2D eigenvalue weighted by Gasteiger charge is 2.26. The first-order valence-corrected chi connectivity index (χ1v) is 15.2. The van der Waals surface area contributed by atoms with E-state index in [1.54, 1.807) is 23.9 Å². The molecule has 5 heterocycles. The summed E-state index contributed by atoms with van der Waals surface area (Å²) in [5.74, 6) is 1.60. The van der Waals surface area contributed by atoms with Crippen molar-refractivity contribution in [2.45, 2.75) is 51.7 Å². The molecule has 8 nitrogen and oxygen atoms in total. The highest BCUT2D eigenvalue weighted by molar-refractivity contribution is 7.19. The van der Waals surface area contributed by atoms with Gasteiger partial charge in [-0.1, -0.05) is 24.1 Å². The molecule has 6 rings (SSSR count). The van der Waals surface area contributed by atoms with Crippen molar-refractivity contribution in [1.29, 1.82) is 0 Å². The number of likely N-dealkylation sites (tertiary alicyclic amines) is 1. The summed E-state index contributed by atoms with van der Waals surface area (Å²) >= 11 is 8.20. The van der Waals surface area contributed by atoms with E-state index in [2.05, 4.69) is 25.2 Å². The van der Waals surface area contributed by atoms with E-state index in [1.807, 2.05) is 41.3 Å². The normalized spacial score (nSPS) is 15.7. The van der Waals surface area contributed by atoms with Crippen molar-refractivity contribution in [1.82, 2.24) is 24.8 Å². The van der Waals surface area contributed by atoms with Crippen LogP contribution in [-0.2, 0) is 24.4 Å². The summed E-state index contributed by atoms with van der Waals surface area (Å²) in [5.41, 5.74) is 2.89. The molecule has 2 aliphatic heterocycles. The van der Waals surface area contributed by atoms with Crippen LogP contribution in [0, 0.1) is 0 Å². The van der Waals surface area contributed by atoms with E-state index in [0.29, 0.717) is 30.3 Å². The van der Waals surface area contributed by atoms with Gasteiger partial charge in [-0.3, -0.25) is 9.78 Å². The van der Waals surface area contributed by atoms with Crippen LogP contribution in [0.15, 0.2) is 48.9 Å². The fraction of sp³-hybridized carbons (Fsp3) is 0.400. The van der Waals surface area contributed by atoms with Crippen molar-refractivity contribution < 1.29 is 9.53 Å². The van der Waals surface area contributed by atoms with Crippen LogP contribution in [-0.4, -0.2) is 56.8 Å². The smallest absolute Gasteiger partial charge is 0.222 e. The third-order valence-electron chi connectivity index (χ3n) is 7.60. The van der Waals surface area contributed by atoms with E-state index in [4.69, 9.17) is 16.3 Å². The molecule has 0 bridgehead atoms. The highest BCUT2D eigenvalue weighted by atomic mass is 35.5. The zero-order chi connectivity index (χ0) is 27.3. The zero-order valence-corrected chi connectivity index (χ0v) is 24.0. The van der Waals surface area contributed by atoms with Crippen molar-refractivity contribution in [2.75, 3.05) is 31.5 Å². The average Bonchev–Trinajstić information content (AvgIpc) is 3.37. The Balaban J connectivity index is 1.11. The number of halogens is 1. The Morgan fingerprint density at radius 3 is 2.80 bits per heavy atom. The molecule has 1 amide bonds. The van der Waals surface area contributed by atoms with Crippen LogP contribution in [0.1, 0.15) is 48.2 Å². The number of carbonyl (C=O) groups excluding carboxylic acids is 1. The summed E-state index contributed by atoms with van der Waals surface area (Å²) in [4.78, 5) is 33.1. The topological polar surface area (TPSA) is 83.5 Å². The predicted octanol–water partition coefficient (Wildman–Crippen LogP) is 6.21. The second-order valence-electron chi connectivity index (χ2n) is 10.4. The molecule has 40 heavy (non-hydrogen) atoms. The average molecular weight is 577 g/mol. The van der Waals surface area contributed by atoms with Crippen LogP contribution in [0.2, 0.25) is 5.02 Å². The molecule has 1 N–H and O–H groups in total. The van der Waals surface area contributed by atoms with E-state index >= 15 is 0 Å². The highest BCUT2D eigenvalue weighted by Crippen LogP contribution is 2.39. The Kier molecular flexibility index (Phi) is 8.41. The zero-order valence-electron chi connectivity index (χ0n) is 22.4. The Morgan fingerprint density at radius 1 is 1.07 bits per heavy atom. The van der Waals surface area contributed by atoms with E-state index < -0.39 is 0 Å². The fourth-order valence-electron chi connectivity index (χ4n) is 5.50. The molecule has 4 aromatic rings. The number of ether oxygens (including phenoxy) is 1. The van der Waals surface area contributed by atoms with Gasteiger partial charge >= 0.3 is 0 Å². The summed E-state index contributed by atoms with van der Waals surface area (Å²) in [6.07, 6.45) is 9.59. The van der Waals surface area contributed by atoms with Crippen molar-refractivity contribution >= 4 is 50.6 Å². The van der Waals surface area contributed by atoms with Crippen LogP contribution in [0.3, 0.4) is 0 Å². The van der Waals surface area contributed by atoms with Gasteiger partial charge < -0.3 is 19.9 Å². The lowest BCUT2D eigenvalue weighted by atomic mass is 10.0. The van der Waals surface area contributed by atoms with Crippen LogP contribution >= 0.6 is 22.9 Å². The van der Waals surface area contributed by atoms with Gasteiger partial charge in [-0.25, -0.2) is 9.97 Å². The molecule has 0 radical (unpaired) electrons. The lowest BCUT2D eigenvalue weighted by Crippen LogP contribution is -2.36. The molecule has 1 fully saturated rings. The number of anilines is 2. The molecular formula is C30H33ClN6O2S. The number of amides is 1. The minimum absolute atomic E-state index is 0.254. The van der Waals surface area contributed by atoms with Gasteiger partial charge in [-0.15, -0.1) is 11.3 Å². The minimum atomic E-state index is 0.254. The van der Waals surface area contributed by atoms with Crippen LogP contribution in [0.25, 0.3) is 10.2 Å². The number of benzene rings is 1. The molecule has 0 saturated carbocycles. The number of rotatable bonds is 9. The van der Waals surface area contributed by atoms with E-state index in [1.165, 1.54) is 42.8 Å². The summed E-state index contributed by atoms with van der Waals surface area (Å²) in [7, 11) is 0. The van der Waals surface area contributed by atoms with Crippen molar-refractivity contribution in [3.63, 3.8) is 0 Å². The summed E-state index contributed by atoms with van der Waals surface area (Å²) in [5, 5.41) is 4.98. The van der Waals surface area contributed by atoms with Gasteiger partial charge in [0.25, 0.3) is 0 Å². The molecule has 0 spiro atoms. The quantitative estimate of drug-likeness (QED) is 0.253. The largest absolute Gasteiger partial charge is 0.486 e. The lowest BCUT2D eigenvalue weighted by molar-refractivity contribution is -0.132. The van der Waals surface area contributed by atoms with Crippen molar-refractivity contribution in [2.24, 2.45) is 0 Å².